The molecule has 1 unspecified atom stereocenters. The molecule has 1 heteroatoms. The molecular weight excluding hydrogens is 187 g/mol. The van der Waals surface area contributed by atoms with Gasteiger partial charge in [0.1, 0.15) is 0 Å². The molecule has 1 aromatic rings. The fraction of sp³-hybridized carbons (Fsp3) is 0.538. The van der Waals surface area contributed by atoms with Gasteiger partial charge in [-0.05, 0) is 42.4 Å². The SMILES string of the molecule is Cc1cc(C)c(PC(C)(C)C)c(C)c1. The summed E-state index contributed by atoms with van der Waals surface area (Å²) >= 11 is 0. The molecule has 0 aliphatic carbocycles. The largest absolute Gasteiger partial charge is 0.0843 e. The summed E-state index contributed by atoms with van der Waals surface area (Å²) in [5.74, 6) is 0. The Labute approximate surface area is 89.9 Å². The van der Waals surface area contributed by atoms with Gasteiger partial charge in [-0.25, -0.2) is 0 Å². The van der Waals surface area contributed by atoms with E-state index in [0.29, 0.717) is 5.16 Å². The molecule has 0 amide bonds. The highest BCUT2D eigenvalue weighted by atomic mass is 31.1. The zero-order valence-electron chi connectivity index (χ0n) is 10.2. The number of hydrogen-bond donors (Lipinski definition) is 0. The summed E-state index contributed by atoms with van der Waals surface area (Å²) in [6.45, 7) is 13.6. The van der Waals surface area contributed by atoms with Gasteiger partial charge in [-0.2, -0.15) is 0 Å². The Morgan fingerprint density at radius 1 is 0.929 bits per heavy atom. The van der Waals surface area contributed by atoms with Crippen LogP contribution in [0.25, 0.3) is 0 Å². The maximum absolute atomic E-state index is 2.31. The van der Waals surface area contributed by atoms with Crippen LogP contribution in [0.15, 0.2) is 12.1 Å². The van der Waals surface area contributed by atoms with E-state index in [-0.39, 0.29) is 0 Å². The molecule has 0 nitrogen and oxygen atoms in total. The molecule has 14 heavy (non-hydrogen) atoms. The van der Waals surface area contributed by atoms with Crippen LogP contribution in [-0.4, -0.2) is 5.16 Å². The zero-order valence-corrected chi connectivity index (χ0v) is 11.2. The van der Waals surface area contributed by atoms with E-state index >= 15 is 0 Å². The molecule has 0 fully saturated rings. The average molecular weight is 208 g/mol. The second-order valence-electron chi connectivity index (χ2n) is 5.15. The van der Waals surface area contributed by atoms with Crippen molar-refractivity contribution in [2.24, 2.45) is 0 Å². The van der Waals surface area contributed by atoms with Gasteiger partial charge in [0.15, 0.2) is 0 Å². The third kappa shape index (κ3) is 3.10. The van der Waals surface area contributed by atoms with Crippen molar-refractivity contribution >= 4 is 13.9 Å². The molecule has 0 aliphatic rings. The number of hydrogen-bond acceptors (Lipinski definition) is 0. The lowest BCUT2D eigenvalue weighted by molar-refractivity contribution is 0.799. The molecule has 0 bridgehead atoms. The molecular formula is C13H21P. The van der Waals surface area contributed by atoms with Crippen molar-refractivity contribution in [2.75, 3.05) is 0 Å². The predicted octanol–water partition coefficient (Wildman–Crippen LogP) is 3.71. The van der Waals surface area contributed by atoms with Gasteiger partial charge in [0.05, 0.1) is 0 Å². The van der Waals surface area contributed by atoms with E-state index in [2.05, 4.69) is 53.7 Å². The van der Waals surface area contributed by atoms with Gasteiger partial charge >= 0.3 is 0 Å². The molecule has 0 heterocycles. The van der Waals surface area contributed by atoms with Crippen LogP contribution >= 0.6 is 8.58 Å². The Morgan fingerprint density at radius 3 is 1.71 bits per heavy atom. The van der Waals surface area contributed by atoms with Crippen LogP contribution in [-0.2, 0) is 0 Å². The first-order valence-electron chi connectivity index (χ1n) is 5.15. The van der Waals surface area contributed by atoms with Gasteiger partial charge in [0.25, 0.3) is 0 Å². The van der Waals surface area contributed by atoms with Gasteiger partial charge in [0.2, 0.25) is 0 Å². The van der Waals surface area contributed by atoms with Gasteiger partial charge in [-0.15, -0.1) is 0 Å². The average Bonchev–Trinajstić information content (AvgIpc) is 1.95. The molecule has 0 radical (unpaired) electrons. The molecule has 0 spiro atoms. The van der Waals surface area contributed by atoms with E-state index in [1.54, 1.807) is 5.30 Å². The van der Waals surface area contributed by atoms with E-state index in [1.165, 1.54) is 16.7 Å². The summed E-state index contributed by atoms with van der Waals surface area (Å²) in [6.07, 6.45) is 0. The Balaban J connectivity index is 3.09. The second-order valence-corrected chi connectivity index (χ2v) is 7.40. The lowest BCUT2D eigenvalue weighted by Gasteiger charge is -2.22. The van der Waals surface area contributed by atoms with Crippen LogP contribution in [0, 0.1) is 20.8 Å². The van der Waals surface area contributed by atoms with Crippen molar-refractivity contribution in [1.29, 1.82) is 0 Å². The molecule has 78 valence electrons. The van der Waals surface area contributed by atoms with Crippen molar-refractivity contribution in [2.45, 2.75) is 46.7 Å². The van der Waals surface area contributed by atoms with Crippen LogP contribution in [0.4, 0.5) is 0 Å². The van der Waals surface area contributed by atoms with E-state index in [9.17, 15) is 0 Å². The van der Waals surface area contributed by atoms with Crippen molar-refractivity contribution in [3.05, 3.63) is 28.8 Å². The van der Waals surface area contributed by atoms with E-state index in [0.717, 1.165) is 8.58 Å². The first-order chi connectivity index (χ1) is 6.29. The lowest BCUT2D eigenvalue weighted by Crippen LogP contribution is -2.16. The highest BCUT2D eigenvalue weighted by Crippen LogP contribution is 2.32. The minimum Gasteiger partial charge on any atom is -0.0843 e. The standard InChI is InChI=1S/C13H21P/c1-9-7-10(2)12(11(3)8-9)14-13(4,5)6/h7-8,14H,1-6H3. The normalized spacial score (nSPS) is 12.7. The summed E-state index contributed by atoms with van der Waals surface area (Å²) < 4.78 is 0. The summed E-state index contributed by atoms with van der Waals surface area (Å²) in [6, 6.07) is 4.59. The summed E-state index contributed by atoms with van der Waals surface area (Å²) in [7, 11) is 0.908. The molecule has 0 saturated heterocycles. The van der Waals surface area contributed by atoms with Crippen LogP contribution in [0.2, 0.25) is 0 Å². The van der Waals surface area contributed by atoms with Gasteiger partial charge in [-0.1, -0.05) is 47.0 Å². The van der Waals surface area contributed by atoms with E-state index in [4.69, 9.17) is 0 Å². The quantitative estimate of drug-likeness (QED) is 0.617. The minimum absolute atomic E-state index is 0.408. The number of aryl methyl sites for hydroxylation is 3. The van der Waals surface area contributed by atoms with E-state index in [1.807, 2.05) is 0 Å². The Bertz CT molecular complexity index is 309. The van der Waals surface area contributed by atoms with Crippen LogP contribution in [0.5, 0.6) is 0 Å². The van der Waals surface area contributed by atoms with Crippen LogP contribution in [0.3, 0.4) is 0 Å². The van der Waals surface area contributed by atoms with Gasteiger partial charge in [-0.3, -0.25) is 0 Å². The van der Waals surface area contributed by atoms with Crippen molar-refractivity contribution in [1.82, 2.24) is 0 Å². The highest BCUT2D eigenvalue weighted by molar-refractivity contribution is 7.49. The second kappa shape index (κ2) is 4.03. The summed E-state index contributed by atoms with van der Waals surface area (Å²) in [5.41, 5.74) is 4.29. The van der Waals surface area contributed by atoms with E-state index < -0.39 is 0 Å². The third-order valence-corrected chi connectivity index (χ3v) is 3.97. The van der Waals surface area contributed by atoms with Gasteiger partial charge < -0.3 is 0 Å². The molecule has 1 aromatic carbocycles. The van der Waals surface area contributed by atoms with Crippen LogP contribution in [0.1, 0.15) is 37.5 Å². The maximum atomic E-state index is 2.31. The highest BCUT2D eigenvalue weighted by Gasteiger charge is 2.14. The fourth-order valence-corrected chi connectivity index (χ4v) is 3.04. The molecule has 0 aromatic heterocycles. The lowest BCUT2D eigenvalue weighted by atomic mass is 10.1. The smallest absolute Gasteiger partial charge is 0.0166 e. The zero-order chi connectivity index (χ0) is 10.9. The first-order valence-corrected chi connectivity index (χ1v) is 6.15. The summed E-state index contributed by atoms with van der Waals surface area (Å²) in [5, 5.41) is 1.97. The van der Waals surface area contributed by atoms with Crippen LogP contribution < -0.4 is 5.30 Å². The fourth-order valence-electron chi connectivity index (χ4n) is 1.75. The maximum Gasteiger partial charge on any atom is -0.0166 e. The Kier molecular flexibility index (Phi) is 3.37. The molecule has 1 rings (SSSR count). The van der Waals surface area contributed by atoms with Gasteiger partial charge in [0, 0.05) is 0 Å². The number of benzene rings is 1. The van der Waals surface area contributed by atoms with Crippen molar-refractivity contribution in [3.8, 4) is 0 Å². The molecule has 1 atom stereocenters. The predicted molar refractivity (Wildman–Crippen MR) is 68.4 cm³/mol. The third-order valence-electron chi connectivity index (χ3n) is 2.18. The summed E-state index contributed by atoms with van der Waals surface area (Å²) in [4.78, 5) is 0. The number of rotatable bonds is 1. The van der Waals surface area contributed by atoms with Crippen molar-refractivity contribution in [3.63, 3.8) is 0 Å². The Hall–Kier alpha value is -0.350. The molecule has 0 N–H and O–H groups in total. The van der Waals surface area contributed by atoms with Crippen molar-refractivity contribution < 1.29 is 0 Å². The molecule has 0 saturated carbocycles. The molecule has 0 aliphatic heterocycles. The minimum atomic E-state index is 0.408. The topological polar surface area (TPSA) is 0 Å². The first kappa shape index (κ1) is 11.7. The Morgan fingerprint density at radius 2 is 1.36 bits per heavy atom. The monoisotopic (exact) mass is 208 g/mol.